The molecule has 21 heavy (non-hydrogen) atoms. The summed E-state index contributed by atoms with van der Waals surface area (Å²) >= 11 is 1.71. The molecule has 3 amide bonds. The maximum absolute atomic E-state index is 12.0. The number of hydrogen-bond donors (Lipinski definition) is 2. The second-order valence-electron chi connectivity index (χ2n) is 5.34. The summed E-state index contributed by atoms with van der Waals surface area (Å²) in [6.45, 7) is 5.26. The first-order valence-electron chi connectivity index (χ1n) is 7.25. The highest BCUT2D eigenvalue weighted by Crippen LogP contribution is 2.18. The van der Waals surface area contributed by atoms with Gasteiger partial charge in [0.05, 0.1) is 10.7 Å². The summed E-state index contributed by atoms with van der Waals surface area (Å²) < 4.78 is 0. The van der Waals surface area contributed by atoms with Gasteiger partial charge in [-0.1, -0.05) is 0 Å². The highest BCUT2D eigenvalue weighted by molar-refractivity contribution is 7.11. The van der Waals surface area contributed by atoms with Gasteiger partial charge in [0.25, 0.3) is 0 Å². The van der Waals surface area contributed by atoms with E-state index < -0.39 is 11.9 Å². The lowest BCUT2D eigenvalue weighted by Gasteiger charge is -2.22. The van der Waals surface area contributed by atoms with Crippen molar-refractivity contribution in [2.24, 2.45) is 5.73 Å². The zero-order valence-electron chi connectivity index (χ0n) is 12.5. The van der Waals surface area contributed by atoms with Crippen molar-refractivity contribution in [3.63, 3.8) is 0 Å². The van der Waals surface area contributed by atoms with Crippen molar-refractivity contribution in [1.29, 1.82) is 0 Å². The Morgan fingerprint density at radius 3 is 2.86 bits per heavy atom. The molecule has 0 radical (unpaired) electrons. The Hall–Kier alpha value is -1.63. The number of carbonyl (C=O) groups excluding carboxylic acids is 2. The molecule has 0 unspecified atom stereocenters. The van der Waals surface area contributed by atoms with Crippen molar-refractivity contribution in [1.82, 2.24) is 15.2 Å². The number of aromatic nitrogens is 1. The highest BCUT2D eigenvalue weighted by Gasteiger charge is 2.32. The van der Waals surface area contributed by atoms with Crippen LogP contribution in [0, 0.1) is 13.8 Å². The first-order chi connectivity index (χ1) is 9.99. The number of thiazole rings is 1. The van der Waals surface area contributed by atoms with Gasteiger partial charge in [0.2, 0.25) is 5.91 Å². The molecule has 0 saturated carbocycles. The fourth-order valence-corrected chi connectivity index (χ4v) is 3.46. The molecule has 7 heteroatoms. The molecule has 1 aliphatic rings. The molecule has 0 aliphatic carbocycles. The van der Waals surface area contributed by atoms with Crippen LogP contribution in [0.25, 0.3) is 0 Å². The van der Waals surface area contributed by atoms with Crippen molar-refractivity contribution in [2.75, 3.05) is 13.1 Å². The van der Waals surface area contributed by atoms with E-state index >= 15 is 0 Å². The van der Waals surface area contributed by atoms with E-state index in [0.717, 1.165) is 30.0 Å². The third-order valence-corrected chi connectivity index (χ3v) is 4.89. The Morgan fingerprint density at radius 1 is 1.48 bits per heavy atom. The zero-order chi connectivity index (χ0) is 15.4. The molecule has 3 N–H and O–H groups in total. The summed E-state index contributed by atoms with van der Waals surface area (Å²) in [5.74, 6) is -0.420. The molecule has 1 aliphatic heterocycles. The van der Waals surface area contributed by atoms with Crippen molar-refractivity contribution in [2.45, 2.75) is 45.6 Å². The molecule has 1 atom stereocenters. The minimum atomic E-state index is -0.450. The Morgan fingerprint density at radius 2 is 2.24 bits per heavy atom. The summed E-state index contributed by atoms with van der Waals surface area (Å²) in [5.41, 5.74) is 6.39. The molecule has 1 fully saturated rings. The van der Waals surface area contributed by atoms with E-state index in [0.29, 0.717) is 19.5 Å². The number of nitrogens with zero attached hydrogens (tertiary/aromatic N) is 2. The van der Waals surface area contributed by atoms with E-state index in [9.17, 15) is 9.59 Å². The maximum Gasteiger partial charge on any atom is 0.318 e. The lowest BCUT2D eigenvalue weighted by molar-refractivity contribution is -0.121. The van der Waals surface area contributed by atoms with E-state index in [-0.39, 0.29) is 6.03 Å². The number of hydrogen-bond acceptors (Lipinski definition) is 4. The number of primary amides is 1. The molecule has 0 bridgehead atoms. The van der Waals surface area contributed by atoms with Crippen LogP contribution < -0.4 is 11.1 Å². The number of likely N-dealkylation sites (tertiary alicyclic amines) is 1. The quantitative estimate of drug-likeness (QED) is 0.805. The molecule has 1 aromatic heterocycles. The third-order valence-electron chi connectivity index (χ3n) is 3.76. The number of urea groups is 1. The van der Waals surface area contributed by atoms with Crippen LogP contribution in [0.1, 0.15) is 34.8 Å². The van der Waals surface area contributed by atoms with Gasteiger partial charge in [-0.15, -0.1) is 11.3 Å². The highest BCUT2D eigenvalue weighted by atomic mass is 32.1. The standard InChI is InChI=1S/C14H22N4O2S/c1-9-10(2)21-12(17-9)6-3-7-16-14(20)18-8-4-5-11(18)13(15)19/h11H,3-8H2,1-2H3,(H2,15,19)(H,16,20)/t11-/m1/s1. The van der Waals surface area contributed by atoms with Crippen molar-refractivity contribution >= 4 is 23.3 Å². The van der Waals surface area contributed by atoms with E-state index in [2.05, 4.69) is 17.2 Å². The monoisotopic (exact) mass is 310 g/mol. The smallest absolute Gasteiger partial charge is 0.318 e. The second-order valence-corrected chi connectivity index (χ2v) is 6.63. The molecular weight excluding hydrogens is 288 g/mol. The van der Waals surface area contributed by atoms with Crippen molar-refractivity contribution in [3.8, 4) is 0 Å². The number of rotatable bonds is 5. The molecule has 6 nitrogen and oxygen atoms in total. The molecule has 116 valence electrons. The van der Waals surface area contributed by atoms with Crippen LogP contribution in [0.5, 0.6) is 0 Å². The molecule has 1 aromatic rings. The van der Waals surface area contributed by atoms with Crippen LogP contribution in [-0.4, -0.2) is 41.0 Å². The SMILES string of the molecule is Cc1nc(CCCNC(=O)N2CCC[C@@H]2C(N)=O)sc1C. The van der Waals surface area contributed by atoms with Gasteiger partial charge >= 0.3 is 6.03 Å². The summed E-state index contributed by atoms with van der Waals surface area (Å²) in [6.07, 6.45) is 3.20. The molecule has 0 spiro atoms. The normalized spacial score (nSPS) is 18.0. The first kappa shape index (κ1) is 15.8. The fraction of sp³-hybridized carbons (Fsp3) is 0.643. The van der Waals surface area contributed by atoms with Gasteiger partial charge in [-0.25, -0.2) is 9.78 Å². The van der Waals surface area contributed by atoms with Gasteiger partial charge in [0.15, 0.2) is 0 Å². The third kappa shape index (κ3) is 3.93. The molecule has 2 rings (SSSR count). The molecular formula is C14H22N4O2S. The summed E-state index contributed by atoms with van der Waals surface area (Å²) in [4.78, 5) is 30.5. The Bertz CT molecular complexity index is 510. The summed E-state index contributed by atoms with van der Waals surface area (Å²) in [7, 11) is 0. The van der Waals surface area contributed by atoms with Gasteiger partial charge in [-0.2, -0.15) is 0 Å². The van der Waals surface area contributed by atoms with Crippen LogP contribution in [0.15, 0.2) is 0 Å². The number of amides is 3. The number of carbonyl (C=O) groups is 2. The van der Waals surface area contributed by atoms with E-state index in [1.54, 1.807) is 16.2 Å². The van der Waals surface area contributed by atoms with E-state index in [1.165, 1.54) is 4.88 Å². The van der Waals surface area contributed by atoms with Crippen LogP contribution >= 0.6 is 11.3 Å². The van der Waals surface area contributed by atoms with Gasteiger partial charge in [0, 0.05) is 24.4 Å². The van der Waals surface area contributed by atoms with Crippen LogP contribution in [0.3, 0.4) is 0 Å². The van der Waals surface area contributed by atoms with Crippen LogP contribution in [0.4, 0.5) is 4.79 Å². The minimum absolute atomic E-state index is 0.192. The molecule has 1 saturated heterocycles. The zero-order valence-corrected chi connectivity index (χ0v) is 13.3. The average Bonchev–Trinajstić information content (AvgIpc) is 3.02. The minimum Gasteiger partial charge on any atom is -0.368 e. The predicted octanol–water partition coefficient (Wildman–Crippen LogP) is 1.35. The van der Waals surface area contributed by atoms with Gasteiger partial charge in [0.1, 0.15) is 6.04 Å². The maximum atomic E-state index is 12.0. The van der Waals surface area contributed by atoms with Crippen molar-refractivity contribution in [3.05, 3.63) is 15.6 Å². The molecule has 2 heterocycles. The fourth-order valence-electron chi connectivity index (χ4n) is 2.49. The van der Waals surface area contributed by atoms with Crippen LogP contribution in [0.2, 0.25) is 0 Å². The van der Waals surface area contributed by atoms with Crippen molar-refractivity contribution < 1.29 is 9.59 Å². The Labute approximate surface area is 128 Å². The molecule has 0 aromatic carbocycles. The first-order valence-corrected chi connectivity index (χ1v) is 8.07. The summed E-state index contributed by atoms with van der Waals surface area (Å²) in [6, 6.07) is -0.642. The topological polar surface area (TPSA) is 88.3 Å². The average molecular weight is 310 g/mol. The lowest BCUT2D eigenvalue weighted by atomic mass is 10.2. The van der Waals surface area contributed by atoms with Gasteiger partial charge in [-0.05, 0) is 33.1 Å². The predicted molar refractivity (Wildman–Crippen MR) is 82.2 cm³/mol. The van der Waals surface area contributed by atoms with E-state index in [4.69, 9.17) is 5.73 Å². The largest absolute Gasteiger partial charge is 0.368 e. The van der Waals surface area contributed by atoms with E-state index in [1.807, 2.05) is 6.92 Å². The number of nitrogens with two attached hydrogens (primary N) is 1. The second kappa shape index (κ2) is 6.89. The van der Waals surface area contributed by atoms with Gasteiger partial charge < -0.3 is 16.0 Å². The summed E-state index contributed by atoms with van der Waals surface area (Å²) in [5, 5.41) is 3.96. The number of aryl methyl sites for hydroxylation is 3. The van der Waals surface area contributed by atoms with Crippen LogP contribution in [-0.2, 0) is 11.2 Å². The Balaban J connectivity index is 1.73. The lowest BCUT2D eigenvalue weighted by Crippen LogP contribution is -2.48. The number of nitrogens with one attached hydrogen (secondary N) is 1. The Kier molecular flexibility index (Phi) is 5.17. The van der Waals surface area contributed by atoms with Gasteiger partial charge in [-0.3, -0.25) is 4.79 Å².